The minimum Gasteiger partial charge on any atom is -0.507 e. The van der Waals surface area contributed by atoms with Gasteiger partial charge in [-0.05, 0) is 110 Å². The third-order valence-electron chi connectivity index (χ3n) is 11.5. The molecule has 8 rings (SSSR count). The van der Waals surface area contributed by atoms with Gasteiger partial charge in [0.15, 0.2) is 0 Å². The van der Waals surface area contributed by atoms with Crippen LogP contribution in [0.2, 0.25) is 0 Å². The van der Waals surface area contributed by atoms with E-state index in [-0.39, 0.29) is 16.6 Å². The van der Waals surface area contributed by atoms with Crippen molar-refractivity contribution in [2.24, 2.45) is 13.0 Å². The van der Waals surface area contributed by atoms with Crippen LogP contribution in [0.1, 0.15) is 72.1 Å². The molecular weight excluding hydrogens is 719 g/mol. The third-order valence-corrected chi connectivity index (χ3v) is 11.5. The molecule has 0 aliphatic rings. The van der Waals surface area contributed by atoms with Crippen molar-refractivity contribution < 1.29 is 5.11 Å². The van der Waals surface area contributed by atoms with Crippen molar-refractivity contribution in [3.63, 3.8) is 0 Å². The van der Waals surface area contributed by atoms with E-state index in [9.17, 15) is 5.11 Å². The Balaban J connectivity index is 1.27. The number of aryl methyl sites for hydroxylation is 1. The number of fused-ring (bicyclic) bond motifs is 1. The van der Waals surface area contributed by atoms with Gasteiger partial charge in [-0.25, -0.2) is 4.98 Å². The van der Waals surface area contributed by atoms with E-state index in [4.69, 9.17) is 9.97 Å². The van der Waals surface area contributed by atoms with Crippen molar-refractivity contribution in [2.45, 2.75) is 72.6 Å². The maximum absolute atomic E-state index is 12.0. The average molecular weight is 774 g/mol. The Labute approximate surface area is 350 Å². The maximum atomic E-state index is 12.0. The fraction of sp³-hybridized carbons (Fsp3) is 0.236. The molecule has 0 amide bonds. The standard InChI is InChI=1S/C55H55N3O/c1-35(2)28-36-18-20-40(21-19-36)44-30-46(51-50(32-44)58(9)53(57-51)47-33-45(54(3,4)5)34-48(52(47)59)55(6,7)8)42-16-13-17-43(29-42)49-31-41(26-27-56-49)39-24-22-38(23-25-39)37-14-11-10-12-15-37/h10-27,29-35,59H,28H2,1-9H3. The first-order valence-electron chi connectivity index (χ1n) is 20.8. The highest BCUT2D eigenvalue weighted by Crippen LogP contribution is 2.44. The summed E-state index contributed by atoms with van der Waals surface area (Å²) in [6.45, 7) is 17.7. The first-order chi connectivity index (χ1) is 28.1. The van der Waals surface area contributed by atoms with Gasteiger partial charge in [-0.15, -0.1) is 0 Å². The zero-order valence-corrected chi connectivity index (χ0v) is 35.9. The summed E-state index contributed by atoms with van der Waals surface area (Å²) in [7, 11) is 2.07. The molecule has 0 aliphatic heterocycles. The van der Waals surface area contributed by atoms with Gasteiger partial charge in [-0.1, -0.05) is 159 Å². The number of phenolic OH excluding ortho intramolecular Hbond substituents is 1. The lowest BCUT2D eigenvalue weighted by atomic mass is 9.79. The number of benzene rings is 6. The van der Waals surface area contributed by atoms with E-state index in [0.717, 1.165) is 79.0 Å². The second kappa shape index (κ2) is 15.5. The van der Waals surface area contributed by atoms with Gasteiger partial charge in [0.1, 0.15) is 11.6 Å². The fourth-order valence-corrected chi connectivity index (χ4v) is 8.13. The topological polar surface area (TPSA) is 50.9 Å². The second-order valence-electron chi connectivity index (χ2n) is 18.6. The van der Waals surface area contributed by atoms with E-state index in [1.807, 2.05) is 12.3 Å². The molecule has 0 spiro atoms. The zero-order chi connectivity index (χ0) is 41.6. The summed E-state index contributed by atoms with van der Waals surface area (Å²) in [6, 6.07) is 50.0. The van der Waals surface area contributed by atoms with Gasteiger partial charge in [0.2, 0.25) is 0 Å². The molecule has 59 heavy (non-hydrogen) atoms. The van der Waals surface area contributed by atoms with Crippen LogP contribution in [-0.4, -0.2) is 19.6 Å². The van der Waals surface area contributed by atoms with Crippen LogP contribution >= 0.6 is 0 Å². The molecule has 0 bridgehead atoms. The van der Waals surface area contributed by atoms with E-state index in [2.05, 4.69) is 200 Å². The molecule has 0 fully saturated rings. The number of hydrogen-bond acceptors (Lipinski definition) is 3. The lowest BCUT2D eigenvalue weighted by Gasteiger charge is -2.27. The minimum absolute atomic E-state index is 0.121. The normalized spacial score (nSPS) is 12.1. The van der Waals surface area contributed by atoms with Gasteiger partial charge in [0, 0.05) is 29.9 Å². The van der Waals surface area contributed by atoms with Crippen molar-refractivity contribution in [3.05, 3.63) is 162 Å². The summed E-state index contributed by atoms with van der Waals surface area (Å²) < 4.78 is 2.15. The molecule has 296 valence electrons. The van der Waals surface area contributed by atoms with Crippen LogP contribution in [0, 0.1) is 5.92 Å². The Kier molecular flexibility index (Phi) is 10.4. The minimum atomic E-state index is -0.262. The number of hydrogen-bond donors (Lipinski definition) is 1. The molecule has 1 N–H and O–H groups in total. The van der Waals surface area contributed by atoms with Crippen molar-refractivity contribution >= 4 is 11.0 Å². The van der Waals surface area contributed by atoms with Gasteiger partial charge in [-0.3, -0.25) is 4.98 Å². The number of nitrogens with zero attached hydrogens (tertiary/aromatic N) is 3. The molecule has 0 saturated carbocycles. The SMILES string of the molecule is CC(C)Cc1ccc(-c2cc(-c3cccc(-c4cc(-c5ccc(-c6ccccc6)cc5)ccn4)c3)c3nc(-c4cc(C(C)(C)C)cc(C(C)(C)C)c4O)n(C)c3c2)cc1. The van der Waals surface area contributed by atoms with E-state index in [0.29, 0.717) is 5.92 Å². The number of phenols is 1. The Morgan fingerprint density at radius 3 is 1.83 bits per heavy atom. The average Bonchev–Trinajstić information content (AvgIpc) is 3.55. The summed E-state index contributed by atoms with van der Waals surface area (Å²) in [6.07, 6.45) is 2.95. The molecule has 0 atom stereocenters. The molecular formula is C55H55N3O. The summed E-state index contributed by atoms with van der Waals surface area (Å²) in [5.74, 6) is 1.61. The smallest absolute Gasteiger partial charge is 0.144 e. The van der Waals surface area contributed by atoms with Gasteiger partial charge < -0.3 is 9.67 Å². The largest absolute Gasteiger partial charge is 0.507 e. The highest BCUT2D eigenvalue weighted by molar-refractivity contribution is 5.99. The number of pyridine rings is 1. The van der Waals surface area contributed by atoms with E-state index < -0.39 is 0 Å². The molecule has 4 heteroatoms. The van der Waals surface area contributed by atoms with E-state index in [1.165, 1.54) is 22.3 Å². The van der Waals surface area contributed by atoms with Crippen LogP contribution in [0.5, 0.6) is 5.75 Å². The van der Waals surface area contributed by atoms with Crippen LogP contribution in [-0.2, 0) is 24.3 Å². The number of rotatable bonds is 8. The molecule has 4 nitrogen and oxygen atoms in total. The number of imidazole rings is 1. The summed E-state index contributed by atoms with van der Waals surface area (Å²) in [5.41, 5.74) is 16.6. The molecule has 2 aromatic heterocycles. The maximum Gasteiger partial charge on any atom is 0.144 e. The predicted octanol–water partition coefficient (Wildman–Crippen LogP) is 14.5. The van der Waals surface area contributed by atoms with Crippen molar-refractivity contribution in [2.75, 3.05) is 0 Å². The summed E-state index contributed by atoms with van der Waals surface area (Å²) >= 11 is 0. The molecule has 0 unspecified atom stereocenters. The van der Waals surface area contributed by atoms with Crippen LogP contribution in [0.3, 0.4) is 0 Å². The quantitative estimate of drug-likeness (QED) is 0.167. The Morgan fingerprint density at radius 2 is 1.17 bits per heavy atom. The summed E-state index contributed by atoms with van der Waals surface area (Å²) in [4.78, 5) is 10.3. The molecule has 0 radical (unpaired) electrons. The lowest BCUT2D eigenvalue weighted by Crippen LogP contribution is -2.17. The van der Waals surface area contributed by atoms with Gasteiger partial charge in [0.05, 0.1) is 22.3 Å². The molecule has 8 aromatic rings. The Morgan fingerprint density at radius 1 is 0.559 bits per heavy atom. The van der Waals surface area contributed by atoms with Crippen molar-refractivity contribution in [3.8, 4) is 72.9 Å². The highest BCUT2D eigenvalue weighted by atomic mass is 16.3. The molecule has 2 heterocycles. The van der Waals surface area contributed by atoms with Crippen LogP contribution in [0.15, 0.2) is 146 Å². The molecule has 6 aromatic carbocycles. The summed E-state index contributed by atoms with van der Waals surface area (Å²) in [5, 5.41) is 12.0. The number of aromatic nitrogens is 3. The fourth-order valence-electron chi connectivity index (χ4n) is 8.13. The van der Waals surface area contributed by atoms with Crippen molar-refractivity contribution in [1.82, 2.24) is 14.5 Å². The van der Waals surface area contributed by atoms with Crippen LogP contribution < -0.4 is 0 Å². The Hall–Kier alpha value is -6.26. The van der Waals surface area contributed by atoms with Crippen LogP contribution in [0.25, 0.3) is 78.2 Å². The number of aromatic hydroxyl groups is 1. The van der Waals surface area contributed by atoms with Crippen LogP contribution in [0.4, 0.5) is 0 Å². The third kappa shape index (κ3) is 8.10. The van der Waals surface area contributed by atoms with Gasteiger partial charge in [-0.2, -0.15) is 0 Å². The van der Waals surface area contributed by atoms with E-state index >= 15 is 0 Å². The second-order valence-corrected chi connectivity index (χ2v) is 18.6. The molecule has 0 saturated heterocycles. The zero-order valence-electron chi connectivity index (χ0n) is 35.9. The van der Waals surface area contributed by atoms with Gasteiger partial charge >= 0.3 is 0 Å². The predicted molar refractivity (Wildman–Crippen MR) is 249 cm³/mol. The van der Waals surface area contributed by atoms with E-state index in [1.54, 1.807) is 0 Å². The lowest BCUT2D eigenvalue weighted by molar-refractivity contribution is 0.446. The highest BCUT2D eigenvalue weighted by Gasteiger charge is 2.28. The first-order valence-corrected chi connectivity index (χ1v) is 20.8. The monoisotopic (exact) mass is 773 g/mol. The van der Waals surface area contributed by atoms with Gasteiger partial charge in [0.25, 0.3) is 0 Å². The molecule has 0 aliphatic carbocycles. The van der Waals surface area contributed by atoms with Crippen molar-refractivity contribution in [1.29, 1.82) is 0 Å². The first kappa shape index (κ1) is 39.6. The Bertz CT molecular complexity index is 2780.